The Morgan fingerprint density at radius 2 is 1.81 bits per heavy atom. The van der Waals surface area contributed by atoms with Gasteiger partial charge in [0.05, 0.1) is 11.5 Å². The first-order chi connectivity index (χ1) is 17.4. The van der Waals surface area contributed by atoms with Crippen LogP contribution in [0.3, 0.4) is 0 Å². The van der Waals surface area contributed by atoms with Crippen molar-refractivity contribution in [3.8, 4) is 0 Å². The van der Waals surface area contributed by atoms with Gasteiger partial charge >= 0.3 is 5.97 Å². The molecule has 0 aliphatic carbocycles. The standard InChI is InChI=1S/C27H37N3O6/c1-20-17-22(28-36-20)25(33)30-13-6-5-10-27(26(34)35-19-24(32)23(31)9-14-30)11-15-29(16-12-27)18-21-7-3-2-4-8-21/h2-4,7-8,17,23-24,31-32H,5-6,9-16,18-19H2,1H3/t23-,24+/m0/s1. The average Bonchev–Trinajstić information content (AvgIpc) is 3.33. The fraction of sp³-hybridized carbons (Fsp3) is 0.593. The van der Waals surface area contributed by atoms with Crippen molar-refractivity contribution >= 4 is 11.9 Å². The molecule has 3 heterocycles. The summed E-state index contributed by atoms with van der Waals surface area (Å²) >= 11 is 0. The molecule has 9 heteroatoms. The largest absolute Gasteiger partial charge is 0.462 e. The zero-order valence-corrected chi connectivity index (χ0v) is 21.0. The van der Waals surface area contributed by atoms with Gasteiger partial charge in [-0.05, 0) is 57.7 Å². The number of esters is 1. The first kappa shape index (κ1) is 26.3. The third-order valence-electron chi connectivity index (χ3n) is 7.49. The maximum atomic E-state index is 13.3. The number of ether oxygens (including phenoxy) is 1. The molecule has 1 aromatic carbocycles. The van der Waals surface area contributed by atoms with E-state index in [0.717, 1.165) is 26.1 Å². The minimum atomic E-state index is -1.21. The summed E-state index contributed by atoms with van der Waals surface area (Å²) < 4.78 is 10.6. The minimum absolute atomic E-state index is 0.168. The summed E-state index contributed by atoms with van der Waals surface area (Å²) in [7, 11) is 0. The fourth-order valence-electron chi connectivity index (χ4n) is 5.15. The summed E-state index contributed by atoms with van der Waals surface area (Å²) in [5, 5.41) is 24.7. The predicted octanol–water partition coefficient (Wildman–Crippen LogP) is 2.55. The third kappa shape index (κ3) is 6.52. The van der Waals surface area contributed by atoms with E-state index in [0.29, 0.717) is 38.0 Å². The Hall–Kier alpha value is -2.75. The van der Waals surface area contributed by atoms with Crippen LogP contribution in [0.5, 0.6) is 0 Å². The average molecular weight is 500 g/mol. The van der Waals surface area contributed by atoms with E-state index in [1.54, 1.807) is 17.9 Å². The molecule has 1 spiro atoms. The number of hydrogen-bond acceptors (Lipinski definition) is 8. The molecule has 36 heavy (non-hydrogen) atoms. The SMILES string of the molecule is Cc1cc(C(=O)N2CCCCC3(CCN(Cc4ccccc4)CC3)C(=O)OC[C@@H](O)[C@@H](O)CC2)no1. The van der Waals surface area contributed by atoms with Crippen molar-refractivity contribution in [1.29, 1.82) is 0 Å². The van der Waals surface area contributed by atoms with Gasteiger partial charge in [0.2, 0.25) is 0 Å². The van der Waals surface area contributed by atoms with E-state index >= 15 is 0 Å². The number of rotatable bonds is 3. The Morgan fingerprint density at radius 3 is 2.50 bits per heavy atom. The molecule has 2 saturated heterocycles. The molecule has 1 amide bonds. The molecule has 196 valence electrons. The lowest BCUT2D eigenvalue weighted by atomic mass is 9.74. The first-order valence-electron chi connectivity index (χ1n) is 12.9. The van der Waals surface area contributed by atoms with Crippen molar-refractivity contribution in [3.63, 3.8) is 0 Å². The Balaban J connectivity index is 1.42. The molecule has 0 radical (unpaired) electrons. The highest BCUT2D eigenvalue weighted by molar-refractivity contribution is 5.92. The quantitative estimate of drug-likeness (QED) is 0.619. The van der Waals surface area contributed by atoms with Crippen LogP contribution < -0.4 is 0 Å². The number of carbonyl (C=O) groups is 2. The van der Waals surface area contributed by atoms with Gasteiger partial charge in [-0.15, -0.1) is 0 Å². The van der Waals surface area contributed by atoms with Crippen LogP contribution in [0.1, 0.15) is 60.3 Å². The van der Waals surface area contributed by atoms with E-state index in [1.807, 2.05) is 18.2 Å². The number of aryl methyl sites for hydroxylation is 1. The number of piperidine rings is 1. The van der Waals surface area contributed by atoms with Crippen LogP contribution in [0, 0.1) is 12.3 Å². The number of aliphatic hydroxyl groups is 2. The normalized spacial score (nSPS) is 24.4. The minimum Gasteiger partial charge on any atom is -0.462 e. The fourth-order valence-corrected chi connectivity index (χ4v) is 5.15. The second-order valence-corrected chi connectivity index (χ2v) is 10.1. The molecular formula is C27H37N3O6. The van der Waals surface area contributed by atoms with Crippen LogP contribution in [0.2, 0.25) is 0 Å². The summed E-state index contributed by atoms with van der Waals surface area (Å²) in [6, 6.07) is 11.9. The van der Waals surface area contributed by atoms with Gasteiger partial charge in [-0.1, -0.05) is 41.9 Å². The lowest BCUT2D eigenvalue weighted by Crippen LogP contribution is -2.45. The summed E-state index contributed by atoms with van der Waals surface area (Å²) in [4.78, 5) is 30.2. The second kappa shape index (κ2) is 12.0. The number of aliphatic hydroxyl groups excluding tert-OH is 2. The predicted molar refractivity (Wildman–Crippen MR) is 132 cm³/mol. The molecule has 2 atom stereocenters. The lowest BCUT2D eigenvalue weighted by molar-refractivity contribution is -0.165. The van der Waals surface area contributed by atoms with Crippen LogP contribution in [0.15, 0.2) is 40.9 Å². The van der Waals surface area contributed by atoms with Crippen molar-refractivity contribution in [2.24, 2.45) is 5.41 Å². The number of cyclic esters (lactones) is 1. The molecule has 9 nitrogen and oxygen atoms in total. The number of amides is 1. The molecule has 2 N–H and O–H groups in total. The van der Waals surface area contributed by atoms with Gasteiger partial charge in [0.25, 0.3) is 5.91 Å². The molecule has 0 saturated carbocycles. The van der Waals surface area contributed by atoms with Crippen molar-refractivity contribution in [3.05, 3.63) is 53.4 Å². The number of nitrogens with zero attached hydrogens (tertiary/aromatic N) is 3. The van der Waals surface area contributed by atoms with E-state index in [9.17, 15) is 19.8 Å². The summed E-state index contributed by atoms with van der Waals surface area (Å²) in [5.74, 6) is -0.00566. The molecule has 0 unspecified atom stereocenters. The molecule has 2 aliphatic rings. The van der Waals surface area contributed by atoms with E-state index in [2.05, 4.69) is 22.2 Å². The second-order valence-electron chi connectivity index (χ2n) is 10.1. The zero-order valence-electron chi connectivity index (χ0n) is 21.0. The summed E-state index contributed by atoms with van der Waals surface area (Å²) in [6.07, 6.45) is 1.34. The van der Waals surface area contributed by atoms with Gasteiger partial charge in [0.1, 0.15) is 18.5 Å². The molecule has 2 fully saturated rings. The highest BCUT2D eigenvalue weighted by atomic mass is 16.5. The maximum absolute atomic E-state index is 13.3. The Kier molecular flexibility index (Phi) is 8.77. The third-order valence-corrected chi connectivity index (χ3v) is 7.49. The summed E-state index contributed by atoms with van der Waals surface area (Å²) in [6.45, 7) is 4.61. The molecule has 2 aromatic rings. The zero-order chi connectivity index (χ0) is 25.5. The van der Waals surface area contributed by atoms with E-state index < -0.39 is 17.6 Å². The number of carbonyl (C=O) groups excluding carboxylic acids is 2. The van der Waals surface area contributed by atoms with Gasteiger partial charge in [0.15, 0.2) is 5.69 Å². The summed E-state index contributed by atoms with van der Waals surface area (Å²) in [5.41, 5.74) is 0.854. The van der Waals surface area contributed by atoms with E-state index in [1.165, 1.54) is 5.56 Å². The Bertz CT molecular complexity index is 1000. The first-order valence-corrected chi connectivity index (χ1v) is 12.9. The van der Waals surface area contributed by atoms with Gasteiger partial charge in [-0.2, -0.15) is 0 Å². The van der Waals surface area contributed by atoms with Crippen LogP contribution in [0.25, 0.3) is 0 Å². The van der Waals surface area contributed by atoms with Crippen LogP contribution >= 0.6 is 0 Å². The molecular weight excluding hydrogens is 462 g/mol. The molecule has 4 rings (SSSR count). The Labute approximate surface area is 212 Å². The highest BCUT2D eigenvalue weighted by Crippen LogP contribution is 2.38. The van der Waals surface area contributed by atoms with E-state index in [-0.39, 0.29) is 37.1 Å². The van der Waals surface area contributed by atoms with Crippen molar-refractivity contribution in [2.75, 3.05) is 32.8 Å². The van der Waals surface area contributed by atoms with Gasteiger partial charge < -0.3 is 24.4 Å². The topological polar surface area (TPSA) is 116 Å². The van der Waals surface area contributed by atoms with Gasteiger partial charge in [0, 0.05) is 25.7 Å². The smallest absolute Gasteiger partial charge is 0.312 e. The molecule has 1 aromatic heterocycles. The number of aromatic nitrogens is 1. The number of likely N-dealkylation sites (tertiary alicyclic amines) is 1. The van der Waals surface area contributed by atoms with Crippen molar-refractivity contribution < 1.29 is 29.1 Å². The van der Waals surface area contributed by atoms with Crippen LogP contribution in [-0.4, -0.2) is 82.0 Å². The van der Waals surface area contributed by atoms with Crippen LogP contribution in [-0.2, 0) is 16.1 Å². The number of hydrogen-bond donors (Lipinski definition) is 2. The monoisotopic (exact) mass is 499 g/mol. The van der Waals surface area contributed by atoms with Crippen molar-refractivity contribution in [2.45, 2.75) is 64.2 Å². The van der Waals surface area contributed by atoms with Crippen molar-refractivity contribution in [1.82, 2.24) is 15.0 Å². The number of benzene rings is 1. The maximum Gasteiger partial charge on any atom is 0.312 e. The van der Waals surface area contributed by atoms with Gasteiger partial charge in [-0.25, -0.2) is 0 Å². The Morgan fingerprint density at radius 1 is 1.06 bits per heavy atom. The molecule has 0 bridgehead atoms. The molecule has 2 aliphatic heterocycles. The lowest BCUT2D eigenvalue weighted by Gasteiger charge is -2.40. The van der Waals surface area contributed by atoms with Crippen LogP contribution in [0.4, 0.5) is 0 Å². The van der Waals surface area contributed by atoms with Gasteiger partial charge in [-0.3, -0.25) is 14.5 Å². The van der Waals surface area contributed by atoms with E-state index in [4.69, 9.17) is 9.26 Å². The highest BCUT2D eigenvalue weighted by Gasteiger charge is 2.42.